The first-order valence-corrected chi connectivity index (χ1v) is 3.32. The number of hydrogen-bond donors (Lipinski definition) is 0. The standard InChI is InChI=1S/3C3H4O2.Cr/c3*1-2-3(4)5;/h3*2H,1H2,(H,4,5);/q;;;+3/p-3. The van der Waals surface area contributed by atoms with E-state index in [4.69, 9.17) is 29.7 Å². The van der Waals surface area contributed by atoms with E-state index in [9.17, 15) is 0 Å². The molecular formula is C9H9CrO6. The number of hydrogen-bond acceptors (Lipinski definition) is 6. The predicted molar refractivity (Wildman–Crippen MR) is 45.6 cm³/mol. The van der Waals surface area contributed by atoms with Gasteiger partial charge in [-0.3, -0.25) is 0 Å². The predicted octanol–water partition coefficient (Wildman–Crippen LogP) is -3.24. The molecule has 0 heterocycles. The minimum Gasteiger partial charge on any atom is -0.545 e. The van der Waals surface area contributed by atoms with Crippen molar-refractivity contribution in [2.75, 3.05) is 0 Å². The molecule has 0 N–H and O–H groups in total. The summed E-state index contributed by atoms with van der Waals surface area (Å²) in [4.78, 5) is 27.4. The van der Waals surface area contributed by atoms with Gasteiger partial charge in [-0.05, 0) is 18.2 Å². The molecule has 0 rings (SSSR count). The first-order valence-electron chi connectivity index (χ1n) is 3.32. The zero-order chi connectivity index (χ0) is 12.9. The average Bonchev–Trinajstić information content (AvgIpc) is 2.19. The molecule has 0 atom stereocenters. The summed E-state index contributed by atoms with van der Waals surface area (Å²) in [5.41, 5.74) is 0. The fourth-order valence-electron chi connectivity index (χ4n) is 0. The van der Waals surface area contributed by atoms with Crippen molar-refractivity contribution in [1.29, 1.82) is 0 Å². The second kappa shape index (κ2) is 18.9. The normalized spacial score (nSPS) is 6.00. The minimum atomic E-state index is -1.23. The van der Waals surface area contributed by atoms with Crippen LogP contribution in [0.15, 0.2) is 38.0 Å². The van der Waals surface area contributed by atoms with Crippen LogP contribution < -0.4 is 15.3 Å². The van der Waals surface area contributed by atoms with Crippen LogP contribution in [-0.2, 0) is 31.7 Å². The van der Waals surface area contributed by atoms with Gasteiger partial charge < -0.3 is 29.7 Å². The summed E-state index contributed by atoms with van der Waals surface area (Å²) in [5, 5.41) is 27.4. The molecule has 0 fully saturated rings. The summed E-state index contributed by atoms with van der Waals surface area (Å²) in [6.45, 7) is 8.69. The molecule has 0 spiro atoms. The number of rotatable bonds is 3. The van der Waals surface area contributed by atoms with Gasteiger partial charge in [-0.15, -0.1) is 0 Å². The van der Waals surface area contributed by atoms with Crippen LogP contribution >= 0.6 is 0 Å². The van der Waals surface area contributed by atoms with Crippen molar-refractivity contribution in [2.45, 2.75) is 0 Å². The summed E-state index contributed by atoms with van der Waals surface area (Å²) < 4.78 is 0. The molecule has 0 aliphatic heterocycles. The Morgan fingerprint density at radius 1 is 0.688 bits per heavy atom. The van der Waals surface area contributed by atoms with Crippen LogP contribution in [0.5, 0.6) is 0 Å². The Bertz CT molecular complexity index is 216. The van der Waals surface area contributed by atoms with Gasteiger partial charge in [0.15, 0.2) is 0 Å². The van der Waals surface area contributed by atoms with E-state index in [0.717, 1.165) is 18.2 Å². The number of carboxylic acid groups (broad SMARTS) is 3. The molecule has 0 saturated carbocycles. The minimum absolute atomic E-state index is 0. The summed E-state index contributed by atoms with van der Waals surface area (Å²) >= 11 is 0. The topological polar surface area (TPSA) is 120 Å². The first-order chi connectivity index (χ1) is 6.81. The first kappa shape index (κ1) is 23.8. The Kier molecular flexibility index (Phi) is 28.0. The van der Waals surface area contributed by atoms with Gasteiger partial charge in [0, 0.05) is 0 Å². The molecule has 87 valence electrons. The maximum atomic E-state index is 9.14. The van der Waals surface area contributed by atoms with Crippen molar-refractivity contribution in [3.63, 3.8) is 0 Å². The fourth-order valence-corrected chi connectivity index (χ4v) is 0. The van der Waals surface area contributed by atoms with Gasteiger partial charge in [0.05, 0.1) is 17.9 Å². The van der Waals surface area contributed by atoms with E-state index in [2.05, 4.69) is 19.7 Å². The quantitative estimate of drug-likeness (QED) is 0.494. The number of carbonyl (C=O) groups is 3. The van der Waals surface area contributed by atoms with Gasteiger partial charge in [0.25, 0.3) is 0 Å². The van der Waals surface area contributed by atoms with E-state index in [-0.39, 0.29) is 17.4 Å². The van der Waals surface area contributed by atoms with Crippen molar-refractivity contribution in [3.8, 4) is 0 Å². The van der Waals surface area contributed by atoms with Gasteiger partial charge >= 0.3 is 17.4 Å². The van der Waals surface area contributed by atoms with Crippen molar-refractivity contribution in [3.05, 3.63) is 38.0 Å². The van der Waals surface area contributed by atoms with Gasteiger partial charge in [0.1, 0.15) is 0 Å². The summed E-state index contributed by atoms with van der Waals surface area (Å²) in [6.07, 6.45) is 2.17. The van der Waals surface area contributed by atoms with Crippen molar-refractivity contribution < 1.29 is 47.1 Å². The monoisotopic (exact) mass is 265 g/mol. The Labute approximate surface area is 103 Å². The zero-order valence-electron chi connectivity index (χ0n) is 8.21. The molecule has 0 aromatic rings. The van der Waals surface area contributed by atoms with Crippen molar-refractivity contribution >= 4 is 17.9 Å². The molecule has 0 unspecified atom stereocenters. The van der Waals surface area contributed by atoms with Gasteiger partial charge in [-0.1, -0.05) is 19.7 Å². The zero-order valence-corrected chi connectivity index (χ0v) is 9.49. The van der Waals surface area contributed by atoms with E-state index in [1.807, 2.05) is 0 Å². The number of carboxylic acids is 3. The van der Waals surface area contributed by atoms with E-state index in [0.29, 0.717) is 0 Å². The molecule has 0 aliphatic rings. The second-order valence-corrected chi connectivity index (χ2v) is 1.57. The molecule has 0 aromatic carbocycles. The third kappa shape index (κ3) is 87.5. The van der Waals surface area contributed by atoms with Gasteiger partial charge in [0.2, 0.25) is 0 Å². The Hall–Kier alpha value is -1.84. The SMILES string of the molecule is C=CC(=O)[O-].C=CC(=O)[O-].C=CC(=O)[O-].[Cr+3]. The summed E-state index contributed by atoms with van der Waals surface area (Å²) in [5.74, 6) is -3.69. The number of carbonyl (C=O) groups excluding carboxylic acids is 3. The van der Waals surface area contributed by atoms with Crippen molar-refractivity contribution in [2.24, 2.45) is 0 Å². The van der Waals surface area contributed by atoms with Crippen LogP contribution in [0.3, 0.4) is 0 Å². The van der Waals surface area contributed by atoms with Gasteiger partial charge in [-0.2, -0.15) is 0 Å². The third-order valence-corrected chi connectivity index (χ3v) is 0.500. The van der Waals surface area contributed by atoms with Crippen molar-refractivity contribution in [1.82, 2.24) is 0 Å². The summed E-state index contributed by atoms with van der Waals surface area (Å²) in [6, 6.07) is 0. The van der Waals surface area contributed by atoms with Crippen LogP contribution in [-0.4, -0.2) is 17.9 Å². The molecule has 7 heteroatoms. The van der Waals surface area contributed by atoms with E-state index >= 15 is 0 Å². The second-order valence-electron chi connectivity index (χ2n) is 1.57. The molecule has 0 aromatic heterocycles. The maximum absolute atomic E-state index is 9.14. The van der Waals surface area contributed by atoms with E-state index in [1.165, 1.54) is 0 Å². The Balaban J connectivity index is -0.0000000655. The third-order valence-electron chi connectivity index (χ3n) is 0.500. The smallest absolute Gasteiger partial charge is 0.545 e. The molecule has 0 amide bonds. The van der Waals surface area contributed by atoms with Crippen LogP contribution in [0.1, 0.15) is 0 Å². The molecule has 1 radical (unpaired) electrons. The Morgan fingerprint density at radius 3 is 0.750 bits per heavy atom. The van der Waals surface area contributed by atoms with Crippen LogP contribution in [0.4, 0.5) is 0 Å². The van der Waals surface area contributed by atoms with E-state index < -0.39 is 17.9 Å². The van der Waals surface area contributed by atoms with Crippen LogP contribution in [0.2, 0.25) is 0 Å². The fraction of sp³-hybridized carbons (Fsp3) is 0. The number of aliphatic carboxylic acids is 3. The van der Waals surface area contributed by atoms with Crippen LogP contribution in [0, 0.1) is 0 Å². The molecule has 16 heavy (non-hydrogen) atoms. The molecule has 0 bridgehead atoms. The largest absolute Gasteiger partial charge is 3.00 e. The van der Waals surface area contributed by atoms with Gasteiger partial charge in [-0.25, -0.2) is 0 Å². The molecule has 0 aliphatic carbocycles. The molecular weight excluding hydrogens is 256 g/mol. The van der Waals surface area contributed by atoms with Crippen LogP contribution in [0.25, 0.3) is 0 Å². The average molecular weight is 265 g/mol. The Morgan fingerprint density at radius 2 is 0.750 bits per heavy atom. The molecule has 6 nitrogen and oxygen atoms in total. The van der Waals surface area contributed by atoms with E-state index in [1.54, 1.807) is 0 Å². The summed E-state index contributed by atoms with van der Waals surface area (Å²) in [7, 11) is 0. The molecule has 0 saturated heterocycles. The maximum Gasteiger partial charge on any atom is 3.00 e.